The first-order chi connectivity index (χ1) is 5.81. The van der Waals surface area contributed by atoms with Crippen molar-refractivity contribution in [2.75, 3.05) is 5.73 Å². The SMILES string of the molecule is N#Cc1cc2c(N)cccc2o1. The molecule has 12 heavy (non-hydrogen) atoms. The molecule has 1 aromatic carbocycles. The zero-order valence-corrected chi connectivity index (χ0v) is 6.24. The van der Waals surface area contributed by atoms with Gasteiger partial charge in [0.1, 0.15) is 11.7 Å². The van der Waals surface area contributed by atoms with Gasteiger partial charge in [-0.15, -0.1) is 0 Å². The average molecular weight is 158 g/mol. The first-order valence-electron chi connectivity index (χ1n) is 3.49. The van der Waals surface area contributed by atoms with E-state index in [0.29, 0.717) is 17.0 Å². The Hall–Kier alpha value is -1.95. The van der Waals surface area contributed by atoms with Crippen LogP contribution < -0.4 is 5.73 Å². The summed E-state index contributed by atoms with van der Waals surface area (Å²) in [6.07, 6.45) is 0. The summed E-state index contributed by atoms with van der Waals surface area (Å²) in [5.74, 6) is 0.294. The second-order valence-electron chi connectivity index (χ2n) is 2.48. The van der Waals surface area contributed by atoms with E-state index in [9.17, 15) is 0 Å². The minimum Gasteiger partial charge on any atom is -0.446 e. The first kappa shape index (κ1) is 6.74. The van der Waals surface area contributed by atoms with Crippen molar-refractivity contribution < 1.29 is 4.42 Å². The number of hydrogen-bond donors (Lipinski definition) is 1. The topological polar surface area (TPSA) is 63.0 Å². The van der Waals surface area contributed by atoms with E-state index < -0.39 is 0 Å². The van der Waals surface area contributed by atoms with Crippen LogP contribution in [0.3, 0.4) is 0 Å². The van der Waals surface area contributed by atoms with Gasteiger partial charge in [-0.2, -0.15) is 5.26 Å². The van der Waals surface area contributed by atoms with Gasteiger partial charge in [-0.05, 0) is 12.1 Å². The number of nitriles is 1. The van der Waals surface area contributed by atoms with Gasteiger partial charge in [-0.25, -0.2) is 0 Å². The zero-order valence-electron chi connectivity index (χ0n) is 6.24. The van der Waals surface area contributed by atoms with Crippen LogP contribution in [0.1, 0.15) is 5.76 Å². The summed E-state index contributed by atoms with van der Waals surface area (Å²) in [6.45, 7) is 0. The molecule has 0 saturated carbocycles. The number of nitrogens with zero attached hydrogens (tertiary/aromatic N) is 1. The highest BCUT2D eigenvalue weighted by molar-refractivity contribution is 5.90. The fourth-order valence-electron chi connectivity index (χ4n) is 1.14. The predicted molar refractivity (Wildman–Crippen MR) is 45.3 cm³/mol. The maximum absolute atomic E-state index is 8.54. The molecule has 3 nitrogen and oxygen atoms in total. The second kappa shape index (κ2) is 2.28. The number of hydrogen-bond acceptors (Lipinski definition) is 3. The Bertz CT molecular complexity index is 465. The van der Waals surface area contributed by atoms with Gasteiger partial charge in [0.05, 0.1) is 0 Å². The lowest BCUT2D eigenvalue weighted by Gasteiger charge is -1.90. The summed E-state index contributed by atoms with van der Waals surface area (Å²) < 4.78 is 5.16. The van der Waals surface area contributed by atoms with Crippen molar-refractivity contribution in [3.8, 4) is 6.07 Å². The van der Waals surface area contributed by atoms with Crippen molar-refractivity contribution in [2.24, 2.45) is 0 Å². The number of fused-ring (bicyclic) bond motifs is 1. The van der Waals surface area contributed by atoms with E-state index in [1.807, 2.05) is 6.07 Å². The molecule has 0 aliphatic rings. The Labute approximate surface area is 69.0 Å². The molecular weight excluding hydrogens is 152 g/mol. The summed E-state index contributed by atoms with van der Waals surface area (Å²) in [5.41, 5.74) is 6.95. The van der Waals surface area contributed by atoms with Crippen LogP contribution in [0, 0.1) is 11.3 Å². The normalized spacial score (nSPS) is 9.92. The van der Waals surface area contributed by atoms with Crippen LogP contribution in [0.5, 0.6) is 0 Å². The molecule has 2 N–H and O–H groups in total. The van der Waals surface area contributed by atoms with E-state index in [4.69, 9.17) is 15.4 Å². The number of anilines is 1. The van der Waals surface area contributed by atoms with Gasteiger partial charge in [0.15, 0.2) is 0 Å². The van der Waals surface area contributed by atoms with Crippen molar-refractivity contribution in [1.29, 1.82) is 5.26 Å². The number of nitrogen functional groups attached to an aromatic ring is 1. The smallest absolute Gasteiger partial charge is 0.204 e. The molecule has 1 aromatic heterocycles. The maximum Gasteiger partial charge on any atom is 0.204 e. The molecule has 0 aliphatic heterocycles. The number of furan rings is 1. The third-order valence-electron chi connectivity index (χ3n) is 1.71. The van der Waals surface area contributed by atoms with Crippen LogP contribution in [-0.2, 0) is 0 Å². The van der Waals surface area contributed by atoms with E-state index in [1.165, 1.54) is 0 Å². The molecule has 0 radical (unpaired) electrons. The molecule has 0 fully saturated rings. The predicted octanol–water partition coefficient (Wildman–Crippen LogP) is 1.89. The molecule has 0 unspecified atom stereocenters. The monoisotopic (exact) mass is 158 g/mol. The van der Waals surface area contributed by atoms with Crippen LogP contribution in [0.4, 0.5) is 5.69 Å². The van der Waals surface area contributed by atoms with E-state index in [1.54, 1.807) is 24.3 Å². The van der Waals surface area contributed by atoms with Gasteiger partial charge >= 0.3 is 0 Å². The highest BCUT2D eigenvalue weighted by Crippen LogP contribution is 2.23. The molecule has 0 bridgehead atoms. The van der Waals surface area contributed by atoms with E-state index >= 15 is 0 Å². The molecule has 0 aliphatic carbocycles. The first-order valence-corrected chi connectivity index (χ1v) is 3.49. The summed E-state index contributed by atoms with van der Waals surface area (Å²) in [4.78, 5) is 0. The largest absolute Gasteiger partial charge is 0.446 e. The van der Waals surface area contributed by atoms with Crippen LogP contribution in [0.2, 0.25) is 0 Å². The standard InChI is InChI=1S/C9H6N2O/c10-5-6-4-7-8(11)2-1-3-9(7)12-6/h1-4H,11H2. The molecule has 1 heterocycles. The van der Waals surface area contributed by atoms with Crippen molar-refractivity contribution in [1.82, 2.24) is 0 Å². The quantitative estimate of drug-likeness (QED) is 0.595. The average Bonchev–Trinajstić information content (AvgIpc) is 2.49. The van der Waals surface area contributed by atoms with Crippen molar-refractivity contribution in [3.63, 3.8) is 0 Å². The van der Waals surface area contributed by atoms with Crippen LogP contribution in [-0.4, -0.2) is 0 Å². The Balaban J connectivity index is 2.85. The molecule has 0 spiro atoms. The zero-order chi connectivity index (χ0) is 8.55. The van der Waals surface area contributed by atoms with Crippen molar-refractivity contribution in [3.05, 3.63) is 30.0 Å². The van der Waals surface area contributed by atoms with Crippen LogP contribution >= 0.6 is 0 Å². The van der Waals surface area contributed by atoms with Crippen molar-refractivity contribution >= 4 is 16.7 Å². The third-order valence-corrected chi connectivity index (χ3v) is 1.71. The molecular formula is C9H6N2O. The number of rotatable bonds is 0. The van der Waals surface area contributed by atoms with Crippen molar-refractivity contribution in [2.45, 2.75) is 0 Å². The third kappa shape index (κ3) is 0.823. The molecule has 2 rings (SSSR count). The minimum atomic E-state index is 0.294. The summed E-state index contributed by atoms with van der Waals surface area (Å²) in [6, 6.07) is 8.92. The van der Waals surface area contributed by atoms with Gasteiger partial charge in [-0.3, -0.25) is 0 Å². The van der Waals surface area contributed by atoms with E-state index in [-0.39, 0.29) is 0 Å². The lowest BCUT2D eigenvalue weighted by Crippen LogP contribution is -1.82. The minimum absolute atomic E-state index is 0.294. The number of benzene rings is 1. The van der Waals surface area contributed by atoms with Crippen LogP contribution in [0.25, 0.3) is 11.0 Å². The highest BCUT2D eigenvalue weighted by Gasteiger charge is 2.03. The Morgan fingerprint density at radius 3 is 2.92 bits per heavy atom. The van der Waals surface area contributed by atoms with Gasteiger partial charge in [0.2, 0.25) is 5.76 Å². The Morgan fingerprint density at radius 1 is 1.42 bits per heavy atom. The molecule has 0 atom stereocenters. The summed E-state index contributed by atoms with van der Waals surface area (Å²) >= 11 is 0. The number of nitrogens with two attached hydrogens (primary N) is 1. The van der Waals surface area contributed by atoms with Gasteiger partial charge in [-0.1, -0.05) is 6.07 Å². The fraction of sp³-hybridized carbons (Fsp3) is 0. The van der Waals surface area contributed by atoms with Gasteiger partial charge in [0.25, 0.3) is 0 Å². The summed E-state index contributed by atoms with van der Waals surface area (Å²) in [5, 5.41) is 9.35. The van der Waals surface area contributed by atoms with Crippen LogP contribution in [0.15, 0.2) is 28.7 Å². The molecule has 2 aromatic rings. The lowest BCUT2D eigenvalue weighted by atomic mass is 10.2. The second-order valence-corrected chi connectivity index (χ2v) is 2.48. The van der Waals surface area contributed by atoms with E-state index in [0.717, 1.165) is 5.39 Å². The highest BCUT2D eigenvalue weighted by atomic mass is 16.3. The van der Waals surface area contributed by atoms with E-state index in [2.05, 4.69) is 0 Å². The fourth-order valence-corrected chi connectivity index (χ4v) is 1.14. The maximum atomic E-state index is 8.54. The Morgan fingerprint density at radius 2 is 2.25 bits per heavy atom. The molecule has 58 valence electrons. The van der Waals surface area contributed by atoms with Gasteiger partial charge in [0, 0.05) is 17.1 Å². The Kier molecular flexibility index (Phi) is 1.28. The molecule has 0 amide bonds. The summed E-state index contributed by atoms with van der Waals surface area (Å²) in [7, 11) is 0. The lowest BCUT2D eigenvalue weighted by molar-refractivity contribution is 0.599. The molecule has 0 saturated heterocycles. The molecule has 3 heteroatoms. The van der Waals surface area contributed by atoms with Gasteiger partial charge < -0.3 is 10.2 Å².